The van der Waals surface area contributed by atoms with Crippen molar-refractivity contribution in [3.63, 3.8) is 0 Å². The zero-order valence-electron chi connectivity index (χ0n) is 13.7. The number of aliphatic hydroxyl groups is 2. The van der Waals surface area contributed by atoms with Gasteiger partial charge in [0.25, 0.3) is 0 Å². The molecule has 24 heavy (non-hydrogen) atoms. The van der Waals surface area contributed by atoms with E-state index in [1.165, 1.54) is 0 Å². The molecule has 1 aromatic rings. The molecule has 1 amide bonds. The van der Waals surface area contributed by atoms with Gasteiger partial charge in [-0.05, 0) is 45.4 Å². The number of alkyl carbamates (subject to hydrolysis) is 1. The van der Waals surface area contributed by atoms with Crippen LogP contribution in [-0.4, -0.2) is 45.6 Å². The lowest BCUT2D eigenvalue weighted by Crippen LogP contribution is -2.34. The third kappa shape index (κ3) is 6.13. The molecule has 8 heteroatoms. The van der Waals surface area contributed by atoms with Crippen LogP contribution in [0.4, 0.5) is 9.18 Å². The Bertz CT molecular complexity index is 599. The topological polar surface area (TPSA) is 116 Å². The van der Waals surface area contributed by atoms with Gasteiger partial charge in [-0.15, -0.1) is 0 Å². The SMILES string of the molecule is CC(C)(C)OC(=O)NCCC(O)C(O)c1cc(C(=O)O)ccc1F. The average Bonchev–Trinajstić information content (AvgIpc) is 2.44. The molecule has 1 rings (SSSR count). The highest BCUT2D eigenvalue weighted by atomic mass is 19.1. The van der Waals surface area contributed by atoms with E-state index >= 15 is 0 Å². The van der Waals surface area contributed by atoms with Crippen molar-refractivity contribution >= 4 is 12.1 Å². The van der Waals surface area contributed by atoms with Crippen LogP contribution in [0, 0.1) is 5.82 Å². The first-order valence-electron chi connectivity index (χ1n) is 7.37. The minimum absolute atomic E-state index is 0.00657. The second kappa shape index (κ2) is 8.07. The largest absolute Gasteiger partial charge is 0.478 e. The first-order chi connectivity index (χ1) is 11.0. The number of hydrogen-bond acceptors (Lipinski definition) is 5. The summed E-state index contributed by atoms with van der Waals surface area (Å²) >= 11 is 0. The molecule has 2 unspecified atom stereocenters. The first kappa shape index (κ1) is 19.9. The van der Waals surface area contributed by atoms with E-state index in [1.54, 1.807) is 20.8 Å². The van der Waals surface area contributed by atoms with Crippen LogP contribution in [-0.2, 0) is 4.74 Å². The lowest BCUT2D eigenvalue weighted by molar-refractivity contribution is 0.0103. The van der Waals surface area contributed by atoms with Crippen molar-refractivity contribution < 1.29 is 34.0 Å². The van der Waals surface area contributed by atoms with Gasteiger partial charge in [0.15, 0.2) is 0 Å². The van der Waals surface area contributed by atoms with Gasteiger partial charge in [0.2, 0.25) is 0 Å². The molecule has 2 atom stereocenters. The van der Waals surface area contributed by atoms with Gasteiger partial charge in [-0.3, -0.25) is 0 Å². The molecule has 0 bridgehead atoms. The Labute approximate surface area is 139 Å². The summed E-state index contributed by atoms with van der Waals surface area (Å²) in [6.45, 7) is 5.09. The normalized spacial score (nSPS) is 13.9. The molecular formula is C16H22FNO6. The van der Waals surface area contributed by atoms with Crippen LogP contribution in [0.2, 0.25) is 0 Å². The smallest absolute Gasteiger partial charge is 0.407 e. The summed E-state index contributed by atoms with van der Waals surface area (Å²) in [7, 11) is 0. The van der Waals surface area contributed by atoms with Crippen molar-refractivity contribution in [1.82, 2.24) is 5.32 Å². The van der Waals surface area contributed by atoms with Crippen molar-refractivity contribution in [2.75, 3.05) is 6.54 Å². The number of carboxylic acids is 1. The predicted molar refractivity (Wildman–Crippen MR) is 83.2 cm³/mol. The maximum Gasteiger partial charge on any atom is 0.407 e. The number of aliphatic hydroxyl groups excluding tert-OH is 2. The molecule has 0 fully saturated rings. The number of carboxylic acid groups (broad SMARTS) is 1. The number of amides is 1. The number of benzene rings is 1. The standard InChI is InChI=1S/C16H22FNO6/c1-16(2,3)24-15(23)18-7-6-12(19)13(20)10-8-9(14(21)22)4-5-11(10)17/h4-5,8,12-13,19-20H,6-7H2,1-3H3,(H,18,23)(H,21,22). The fourth-order valence-corrected chi connectivity index (χ4v) is 1.90. The van der Waals surface area contributed by atoms with Gasteiger partial charge in [-0.25, -0.2) is 14.0 Å². The third-order valence-corrected chi connectivity index (χ3v) is 3.03. The number of hydrogen-bond donors (Lipinski definition) is 4. The van der Waals surface area contributed by atoms with Gasteiger partial charge in [-0.2, -0.15) is 0 Å². The Kier molecular flexibility index (Phi) is 6.68. The summed E-state index contributed by atoms with van der Waals surface area (Å²) in [5, 5.41) is 31.2. The summed E-state index contributed by atoms with van der Waals surface area (Å²) in [6, 6.07) is 2.94. The summed E-state index contributed by atoms with van der Waals surface area (Å²) in [5.41, 5.74) is -1.19. The van der Waals surface area contributed by atoms with E-state index in [0.717, 1.165) is 18.2 Å². The number of halogens is 1. The zero-order valence-corrected chi connectivity index (χ0v) is 13.7. The lowest BCUT2D eigenvalue weighted by Gasteiger charge is -2.21. The van der Waals surface area contributed by atoms with Gasteiger partial charge < -0.3 is 25.4 Å². The highest BCUT2D eigenvalue weighted by Gasteiger charge is 2.23. The number of carbonyl (C=O) groups is 2. The molecular weight excluding hydrogens is 321 g/mol. The maximum atomic E-state index is 13.7. The minimum atomic E-state index is -1.62. The summed E-state index contributed by atoms with van der Waals surface area (Å²) < 4.78 is 18.7. The average molecular weight is 343 g/mol. The van der Waals surface area contributed by atoms with E-state index in [4.69, 9.17) is 9.84 Å². The van der Waals surface area contributed by atoms with Crippen LogP contribution in [0.25, 0.3) is 0 Å². The Morgan fingerprint density at radius 1 is 1.29 bits per heavy atom. The molecule has 0 saturated carbocycles. The monoisotopic (exact) mass is 343 g/mol. The van der Waals surface area contributed by atoms with Gasteiger partial charge in [0.05, 0.1) is 11.7 Å². The fourth-order valence-electron chi connectivity index (χ4n) is 1.90. The molecule has 1 aromatic carbocycles. The van der Waals surface area contributed by atoms with Gasteiger partial charge in [0.1, 0.15) is 17.5 Å². The van der Waals surface area contributed by atoms with Gasteiger partial charge in [0, 0.05) is 12.1 Å². The van der Waals surface area contributed by atoms with Crippen molar-refractivity contribution in [3.8, 4) is 0 Å². The van der Waals surface area contributed by atoms with E-state index in [9.17, 15) is 24.2 Å². The van der Waals surface area contributed by atoms with E-state index in [1.807, 2.05) is 0 Å². The maximum absolute atomic E-state index is 13.7. The zero-order chi connectivity index (χ0) is 18.5. The minimum Gasteiger partial charge on any atom is -0.478 e. The van der Waals surface area contributed by atoms with E-state index in [-0.39, 0.29) is 24.1 Å². The summed E-state index contributed by atoms with van der Waals surface area (Å²) in [5.74, 6) is -2.10. The van der Waals surface area contributed by atoms with Crippen molar-refractivity contribution in [1.29, 1.82) is 0 Å². The van der Waals surface area contributed by atoms with E-state index < -0.39 is 35.7 Å². The molecule has 134 valence electrons. The first-order valence-corrected chi connectivity index (χ1v) is 7.37. The molecule has 0 spiro atoms. The van der Waals surface area contributed by atoms with Gasteiger partial charge in [-0.1, -0.05) is 0 Å². The quantitative estimate of drug-likeness (QED) is 0.626. The van der Waals surface area contributed by atoms with Crippen molar-refractivity contribution in [2.45, 2.75) is 45.0 Å². The molecule has 0 aliphatic carbocycles. The second-order valence-electron chi connectivity index (χ2n) is 6.27. The molecule has 7 nitrogen and oxygen atoms in total. The van der Waals surface area contributed by atoms with Crippen molar-refractivity contribution in [3.05, 3.63) is 35.1 Å². The molecule has 0 aromatic heterocycles. The van der Waals surface area contributed by atoms with Crippen LogP contribution >= 0.6 is 0 Å². The molecule has 0 aliphatic heterocycles. The number of aromatic carboxylic acids is 1. The fraction of sp³-hybridized carbons (Fsp3) is 0.500. The molecule has 0 saturated heterocycles. The highest BCUT2D eigenvalue weighted by molar-refractivity contribution is 5.87. The molecule has 0 heterocycles. The molecule has 0 aliphatic rings. The van der Waals surface area contributed by atoms with Crippen LogP contribution in [0.1, 0.15) is 49.2 Å². The lowest BCUT2D eigenvalue weighted by atomic mass is 9.99. The molecule has 4 N–H and O–H groups in total. The third-order valence-electron chi connectivity index (χ3n) is 3.03. The highest BCUT2D eigenvalue weighted by Crippen LogP contribution is 2.23. The summed E-state index contributed by atoms with van der Waals surface area (Å²) in [6.07, 6.45) is -3.76. The van der Waals surface area contributed by atoms with Crippen LogP contribution in [0.5, 0.6) is 0 Å². The van der Waals surface area contributed by atoms with Crippen molar-refractivity contribution in [2.24, 2.45) is 0 Å². The Morgan fingerprint density at radius 3 is 2.46 bits per heavy atom. The Hall–Kier alpha value is -2.19. The summed E-state index contributed by atoms with van der Waals surface area (Å²) in [4.78, 5) is 22.3. The number of nitrogens with one attached hydrogen (secondary N) is 1. The Balaban J connectivity index is 2.62. The van der Waals surface area contributed by atoms with E-state index in [0.29, 0.717) is 0 Å². The van der Waals surface area contributed by atoms with Crippen LogP contribution in [0.15, 0.2) is 18.2 Å². The van der Waals surface area contributed by atoms with Gasteiger partial charge >= 0.3 is 12.1 Å². The number of carbonyl (C=O) groups excluding carboxylic acids is 1. The Morgan fingerprint density at radius 2 is 1.92 bits per heavy atom. The number of rotatable bonds is 6. The number of ether oxygens (including phenoxy) is 1. The van der Waals surface area contributed by atoms with Crippen LogP contribution < -0.4 is 5.32 Å². The predicted octanol–water partition coefficient (Wildman–Crippen LogP) is 1.83. The molecule has 0 radical (unpaired) electrons. The van der Waals surface area contributed by atoms with Crippen LogP contribution in [0.3, 0.4) is 0 Å². The second-order valence-corrected chi connectivity index (χ2v) is 6.27. The van der Waals surface area contributed by atoms with E-state index in [2.05, 4.69) is 5.32 Å².